The van der Waals surface area contributed by atoms with E-state index in [0.29, 0.717) is 18.0 Å². The summed E-state index contributed by atoms with van der Waals surface area (Å²) in [6, 6.07) is 9.86. The lowest BCUT2D eigenvalue weighted by molar-refractivity contribution is 0.399. The highest BCUT2D eigenvalue weighted by atomic mass is 19.1. The van der Waals surface area contributed by atoms with E-state index in [-0.39, 0.29) is 5.56 Å². The standard InChI is InChI=1S/C18H19FN4/c1-22-17(7-8-21-22)12-9-13-5-6-14(10-12)23(13)18-4-2-3-16(19)15(18)11-20/h2-4,7-8,12-14H,5-6,9-10H2,1H3/t12?,13-,14+. The molecule has 0 saturated carbocycles. The second kappa shape index (κ2) is 5.38. The number of piperidine rings is 1. The third-order valence-corrected chi connectivity index (χ3v) is 5.39. The fraction of sp³-hybridized carbons (Fsp3) is 0.444. The Labute approximate surface area is 135 Å². The van der Waals surface area contributed by atoms with Crippen LogP contribution in [0, 0.1) is 17.1 Å². The van der Waals surface area contributed by atoms with Crippen LogP contribution in [0.15, 0.2) is 30.5 Å². The van der Waals surface area contributed by atoms with Crippen molar-refractivity contribution < 1.29 is 4.39 Å². The zero-order valence-corrected chi connectivity index (χ0v) is 13.1. The molecule has 5 heteroatoms. The predicted octanol–water partition coefficient (Wildman–Crippen LogP) is 3.35. The largest absolute Gasteiger partial charge is 0.364 e. The lowest BCUT2D eigenvalue weighted by Gasteiger charge is -2.41. The summed E-state index contributed by atoms with van der Waals surface area (Å²) in [5.41, 5.74) is 2.23. The third kappa shape index (κ3) is 2.21. The molecule has 3 atom stereocenters. The maximum Gasteiger partial charge on any atom is 0.143 e. The van der Waals surface area contributed by atoms with Crippen molar-refractivity contribution >= 4 is 5.69 Å². The molecule has 1 unspecified atom stereocenters. The lowest BCUT2D eigenvalue weighted by atomic mass is 9.87. The highest BCUT2D eigenvalue weighted by Crippen LogP contribution is 2.46. The average Bonchev–Trinajstić information content (AvgIpc) is 3.08. The minimum atomic E-state index is -0.418. The van der Waals surface area contributed by atoms with Crippen molar-refractivity contribution in [2.75, 3.05) is 4.90 Å². The van der Waals surface area contributed by atoms with Crippen LogP contribution in [0.25, 0.3) is 0 Å². The second-order valence-corrected chi connectivity index (χ2v) is 6.59. The molecule has 4 nitrogen and oxygen atoms in total. The number of hydrogen-bond donors (Lipinski definition) is 0. The van der Waals surface area contributed by atoms with Gasteiger partial charge in [0.25, 0.3) is 0 Å². The molecule has 0 spiro atoms. The predicted molar refractivity (Wildman–Crippen MR) is 85.6 cm³/mol. The molecule has 0 N–H and O–H groups in total. The molecule has 1 aromatic heterocycles. The van der Waals surface area contributed by atoms with Crippen molar-refractivity contribution in [2.24, 2.45) is 7.05 Å². The third-order valence-electron chi connectivity index (χ3n) is 5.39. The summed E-state index contributed by atoms with van der Waals surface area (Å²) in [6.45, 7) is 0. The number of halogens is 1. The van der Waals surface area contributed by atoms with Crippen molar-refractivity contribution in [3.05, 3.63) is 47.5 Å². The van der Waals surface area contributed by atoms with Gasteiger partial charge >= 0.3 is 0 Å². The number of aryl methyl sites for hydroxylation is 1. The summed E-state index contributed by atoms with van der Waals surface area (Å²) in [7, 11) is 1.99. The van der Waals surface area contributed by atoms with E-state index in [2.05, 4.69) is 16.1 Å². The smallest absolute Gasteiger partial charge is 0.143 e. The van der Waals surface area contributed by atoms with Gasteiger partial charge in [-0.2, -0.15) is 10.4 Å². The van der Waals surface area contributed by atoms with Crippen LogP contribution in [0.3, 0.4) is 0 Å². The number of anilines is 1. The molecule has 2 aliphatic rings. The quantitative estimate of drug-likeness (QED) is 0.854. The molecule has 23 heavy (non-hydrogen) atoms. The van der Waals surface area contributed by atoms with E-state index < -0.39 is 5.82 Å². The average molecular weight is 310 g/mol. The molecule has 0 aliphatic carbocycles. The van der Waals surface area contributed by atoms with Gasteiger partial charge in [0.05, 0.1) is 5.69 Å². The Hall–Kier alpha value is -2.35. The van der Waals surface area contributed by atoms with Crippen LogP contribution in [-0.2, 0) is 7.05 Å². The molecule has 0 amide bonds. The van der Waals surface area contributed by atoms with Gasteiger partial charge in [0.2, 0.25) is 0 Å². The molecule has 0 radical (unpaired) electrons. The first-order valence-corrected chi connectivity index (χ1v) is 8.14. The number of nitrogens with zero attached hydrogens (tertiary/aromatic N) is 4. The summed E-state index contributed by atoms with van der Waals surface area (Å²) in [5.74, 6) is 0.0773. The van der Waals surface area contributed by atoms with E-state index in [4.69, 9.17) is 0 Å². The van der Waals surface area contributed by atoms with Gasteiger partial charge in [0, 0.05) is 36.9 Å². The van der Waals surface area contributed by atoms with E-state index in [0.717, 1.165) is 31.4 Å². The summed E-state index contributed by atoms with van der Waals surface area (Å²) >= 11 is 0. The van der Waals surface area contributed by atoms with E-state index in [9.17, 15) is 9.65 Å². The summed E-state index contributed by atoms with van der Waals surface area (Å²) in [5, 5.41) is 13.6. The Bertz CT molecular complexity index is 762. The maximum absolute atomic E-state index is 14.0. The SMILES string of the molecule is Cn1nccc1C1C[C@H]2CC[C@@H](C1)N2c1cccc(F)c1C#N. The van der Waals surface area contributed by atoms with Gasteiger partial charge in [-0.05, 0) is 43.9 Å². The Morgan fingerprint density at radius 2 is 1.96 bits per heavy atom. The summed E-state index contributed by atoms with van der Waals surface area (Å²) in [4.78, 5) is 2.30. The minimum absolute atomic E-state index is 0.184. The fourth-order valence-electron chi connectivity index (χ4n) is 4.44. The van der Waals surface area contributed by atoms with Crippen LogP contribution in [0.4, 0.5) is 10.1 Å². The topological polar surface area (TPSA) is 44.9 Å². The monoisotopic (exact) mass is 310 g/mol. The number of aromatic nitrogens is 2. The van der Waals surface area contributed by atoms with Gasteiger partial charge < -0.3 is 4.90 Å². The van der Waals surface area contributed by atoms with Crippen molar-refractivity contribution in [3.63, 3.8) is 0 Å². The normalized spacial score (nSPS) is 26.3. The highest BCUT2D eigenvalue weighted by Gasteiger charge is 2.42. The van der Waals surface area contributed by atoms with Crippen LogP contribution in [0.2, 0.25) is 0 Å². The van der Waals surface area contributed by atoms with Crippen LogP contribution in [0.1, 0.15) is 42.9 Å². The van der Waals surface area contributed by atoms with E-state index in [1.165, 1.54) is 11.8 Å². The van der Waals surface area contributed by atoms with Crippen molar-refractivity contribution in [3.8, 4) is 6.07 Å². The Morgan fingerprint density at radius 3 is 2.57 bits per heavy atom. The van der Waals surface area contributed by atoms with Crippen molar-refractivity contribution in [2.45, 2.75) is 43.7 Å². The van der Waals surface area contributed by atoms with E-state index >= 15 is 0 Å². The molecule has 1 aromatic carbocycles. The van der Waals surface area contributed by atoms with E-state index in [1.54, 1.807) is 6.07 Å². The number of nitriles is 1. The zero-order chi connectivity index (χ0) is 16.0. The van der Waals surface area contributed by atoms with E-state index in [1.807, 2.05) is 30.1 Å². The number of fused-ring (bicyclic) bond motifs is 2. The molecule has 2 aliphatic heterocycles. The molecule has 2 bridgehead atoms. The van der Waals surface area contributed by atoms with Gasteiger partial charge in [-0.3, -0.25) is 4.68 Å². The number of benzene rings is 1. The van der Waals surface area contributed by atoms with Gasteiger partial charge in [-0.15, -0.1) is 0 Å². The first-order valence-electron chi connectivity index (χ1n) is 8.14. The summed E-state index contributed by atoms with van der Waals surface area (Å²) in [6.07, 6.45) is 6.15. The van der Waals surface area contributed by atoms with Gasteiger partial charge in [-0.25, -0.2) is 4.39 Å². The highest BCUT2D eigenvalue weighted by molar-refractivity contribution is 5.62. The lowest BCUT2D eigenvalue weighted by Crippen LogP contribution is -2.43. The Kier molecular flexibility index (Phi) is 3.33. The molecular weight excluding hydrogens is 291 g/mol. The molecule has 2 fully saturated rings. The fourth-order valence-corrected chi connectivity index (χ4v) is 4.44. The first kappa shape index (κ1) is 14.3. The Balaban J connectivity index is 1.66. The molecule has 4 rings (SSSR count). The molecule has 3 heterocycles. The molecule has 2 saturated heterocycles. The Morgan fingerprint density at radius 1 is 1.22 bits per heavy atom. The van der Waals surface area contributed by atoms with Crippen molar-refractivity contribution in [1.82, 2.24) is 9.78 Å². The number of hydrogen-bond acceptors (Lipinski definition) is 3. The van der Waals surface area contributed by atoms with Crippen molar-refractivity contribution in [1.29, 1.82) is 5.26 Å². The second-order valence-electron chi connectivity index (χ2n) is 6.59. The minimum Gasteiger partial charge on any atom is -0.364 e. The van der Waals surface area contributed by atoms with Crippen LogP contribution >= 0.6 is 0 Å². The maximum atomic E-state index is 14.0. The van der Waals surface area contributed by atoms with Crippen LogP contribution in [0.5, 0.6) is 0 Å². The van der Waals surface area contributed by atoms with Crippen LogP contribution < -0.4 is 4.90 Å². The van der Waals surface area contributed by atoms with Gasteiger partial charge in [0.15, 0.2) is 0 Å². The zero-order valence-electron chi connectivity index (χ0n) is 13.1. The van der Waals surface area contributed by atoms with Crippen LogP contribution in [-0.4, -0.2) is 21.9 Å². The van der Waals surface area contributed by atoms with Gasteiger partial charge in [0.1, 0.15) is 17.4 Å². The first-order chi connectivity index (χ1) is 11.2. The molecule has 118 valence electrons. The molecule has 2 aromatic rings. The summed E-state index contributed by atoms with van der Waals surface area (Å²) < 4.78 is 15.9. The van der Waals surface area contributed by atoms with Gasteiger partial charge in [-0.1, -0.05) is 6.07 Å². The molecular formula is C18H19FN4. The number of rotatable bonds is 2.